The first-order chi connectivity index (χ1) is 43.4. The van der Waals surface area contributed by atoms with E-state index < -0.39 is 98.7 Å². The van der Waals surface area contributed by atoms with E-state index in [1.54, 1.807) is 12.1 Å². The van der Waals surface area contributed by atoms with E-state index in [1.807, 2.05) is 30.3 Å². The first kappa shape index (κ1) is 31.1. The van der Waals surface area contributed by atoms with Crippen molar-refractivity contribution in [1.29, 1.82) is 0 Å². The first-order valence-electron chi connectivity index (χ1n) is 32.2. The zero-order valence-corrected chi connectivity index (χ0v) is 41.1. The molecule has 352 valence electrons. The summed E-state index contributed by atoms with van der Waals surface area (Å²) in [6.45, 7) is 0. The molecule has 12 aromatic carbocycles. The van der Waals surface area contributed by atoms with Gasteiger partial charge in [0.05, 0.1) is 42.6 Å². The van der Waals surface area contributed by atoms with Crippen molar-refractivity contribution in [2.45, 2.75) is 0 Å². The smallest absolute Gasteiger partial charge is 0.179 e. The van der Waals surface area contributed by atoms with Crippen LogP contribution in [0.1, 0.15) is 20.6 Å². The number of benzene rings is 12. The minimum atomic E-state index is -2.97. The topological polar surface area (TPSA) is 9.86 Å². The molecule has 3 heteroatoms. The summed E-state index contributed by atoms with van der Waals surface area (Å²) in [5, 5.41) is 9.01. The van der Waals surface area contributed by atoms with Crippen molar-refractivity contribution in [1.82, 2.24) is 9.13 Å². The number of rotatable bonds is 10. The van der Waals surface area contributed by atoms with Gasteiger partial charge in [0.15, 0.2) is 8.07 Å². The van der Waals surface area contributed by atoms with E-state index in [9.17, 15) is 5.48 Å². The lowest BCUT2D eigenvalue weighted by atomic mass is 9.84. The molecule has 0 aliphatic heterocycles. The van der Waals surface area contributed by atoms with Crippen LogP contribution in [0.5, 0.6) is 0 Å². The lowest BCUT2D eigenvalue weighted by Crippen LogP contribution is -2.74. The second-order valence-electron chi connectivity index (χ2n) is 18.5. The molecule has 75 heavy (non-hydrogen) atoms. The molecule has 14 aromatic rings. The fraction of sp³-hybridized carbons (Fsp3) is 0. The zero-order chi connectivity index (χ0) is 62.8. The Bertz CT molecular complexity index is 5050. The molecule has 2 heterocycles. The first-order valence-corrected chi connectivity index (χ1v) is 26.7. The van der Waals surface area contributed by atoms with Crippen LogP contribution >= 0.6 is 0 Å². The van der Waals surface area contributed by atoms with Gasteiger partial charge in [-0.2, -0.15) is 0 Å². The molecule has 0 spiro atoms. The molecule has 0 aliphatic rings. The highest BCUT2D eigenvalue weighted by Gasteiger charge is 2.41. The van der Waals surface area contributed by atoms with Gasteiger partial charge in [0, 0.05) is 32.9 Å². The third kappa shape index (κ3) is 7.39. The van der Waals surface area contributed by atoms with Crippen molar-refractivity contribution < 1.29 is 20.6 Å². The van der Waals surface area contributed by atoms with Crippen LogP contribution in [0.3, 0.4) is 0 Å². The lowest BCUT2D eigenvalue weighted by molar-refractivity contribution is 1.17. The highest BCUT2D eigenvalue weighted by molar-refractivity contribution is 7.20. The van der Waals surface area contributed by atoms with Crippen LogP contribution in [-0.2, 0) is 0 Å². The highest BCUT2D eigenvalue weighted by Crippen LogP contribution is 2.45. The Kier molecular flexibility index (Phi) is 7.68. The summed E-state index contributed by atoms with van der Waals surface area (Å²) in [5.74, 6) is 0. The van der Waals surface area contributed by atoms with Crippen molar-refractivity contribution in [3.05, 3.63) is 303 Å². The summed E-state index contributed by atoms with van der Waals surface area (Å²) in [6.07, 6.45) is 0. The number of hydrogen-bond donors (Lipinski definition) is 0. The number of fused-ring (bicyclic) bond motifs is 6. The van der Waals surface area contributed by atoms with E-state index in [2.05, 4.69) is 167 Å². The minimum absolute atomic E-state index is 0.0812. The summed E-state index contributed by atoms with van der Waals surface area (Å²) in [7, 11) is -2.97. The van der Waals surface area contributed by atoms with Gasteiger partial charge in [0.1, 0.15) is 0 Å². The van der Waals surface area contributed by atoms with Gasteiger partial charge >= 0.3 is 0 Å². The van der Waals surface area contributed by atoms with Crippen molar-refractivity contribution in [3.63, 3.8) is 0 Å². The number of nitrogens with zero attached hydrogens (tertiary/aromatic N) is 2. The van der Waals surface area contributed by atoms with Gasteiger partial charge in [0.2, 0.25) is 0 Å². The Balaban J connectivity index is 1.03. The van der Waals surface area contributed by atoms with Crippen molar-refractivity contribution in [2.75, 3.05) is 0 Å². The summed E-state index contributed by atoms with van der Waals surface area (Å²) in [6, 6.07) is 62.4. The van der Waals surface area contributed by atoms with E-state index in [1.165, 1.54) is 32.9 Å². The second kappa shape index (κ2) is 18.5. The van der Waals surface area contributed by atoms with Crippen LogP contribution < -0.4 is 20.7 Å². The predicted octanol–water partition coefficient (Wildman–Crippen LogP) is 15.9. The van der Waals surface area contributed by atoms with E-state index in [-0.39, 0.29) is 38.9 Å². The summed E-state index contributed by atoms with van der Waals surface area (Å²) >= 11 is 0. The molecule has 2 aromatic heterocycles. The van der Waals surface area contributed by atoms with E-state index in [4.69, 9.17) is 15.1 Å². The van der Waals surface area contributed by atoms with Crippen LogP contribution in [-0.4, -0.2) is 17.2 Å². The van der Waals surface area contributed by atoms with E-state index in [0.29, 0.717) is 11.3 Å². The van der Waals surface area contributed by atoms with Crippen LogP contribution in [0.2, 0.25) is 0 Å². The number of hydrogen-bond acceptors (Lipinski definition) is 0. The Morgan fingerprint density at radius 3 is 1.28 bits per heavy atom. The SMILES string of the molecule is [2H]c1c([2H])c([2H])c(-c2cc(-c3c([2H])c([2H])c([2H])c([2H])c3[2H])c(-c3cccc(-n4c5ccccc5c5cc(-n6c7ccccc7c7ccc([Si](c8ccccc8)(c8ccccc8)c8ccccc8)cc76)ccc54)c3)c(-c3c([2H])c([2H])c([2H])c([2H])c3[2H])c2)c([2H])c1[2H]. The molecule has 0 N–H and O–H groups in total. The monoisotopic (exact) mass is 985 g/mol. The van der Waals surface area contributed by atoms with Crippen molar-refractivity contribution >= 4 is 72.4 Å². The van der Waals surface area contributed by atoms with Gasteiger partial charge in [0.25, 0.3) is 0 Å². The fourth-order valence-electron chi connectivity index (χ4n) is 11.4. The van der Waals surface area contributed by atoms with Gasteiger partial charge in [-0.25, -0.2) is 0 Å². The maximum absolute atomic E-state index is 9.39. The lowest BCUT2D eigenvalue weighted by Gasteiger charge is -2.34. The van der Waals surface area contributed by atoms with Crippen LogP contribution in [0.25, 0.3) is 99.5 Å². The summed E-state index contributed by atoms with van der Waals surface area (Å²) < 4.78 is 139. The molecule has 0 radical (unpaired) electrons. The molecule has 0 saturated heterocycles. The Morgan fingerprint density at radius 1 is 0.267 bits per heavy atom. The fourth-order valence-corrected chi connectivity index (χ4v) is 16.1. The van der Waals surface area contributed by atoms with Crippen LogP contribution in [0.4, 0.5) is 0 Å². The van der Waals surface area contributed by atoms with Gasteiger partial charge in [-0.05, 0) is 126 Å². The van der Waals surface area contributed by atoms with Gasteiger partial charge in [-0.3, -0.25) is 0 Å². The normalized spacial score (nSPS) is 14.5. The second-order valence-corrected chi connectivity index (χ2v) is 22.3. The zero-order valence-electron chi connectivity index (χ0n) is 55.1. The molecule has 14 rings (SSSR count). The molecule has 0 unspecified atom stereocenters. The maximum atomic E-state index is 9.39. The minimum Gasteiger partial charge on any atom is -0.309 e. The molecular weight excluding hydrogens is 921 g/mol. The van der Waals surface area contributed by atoms with E-state index >= 15 is 0 Å². The molecule has 0 fully saturated rings. The average Bonchev–Trinajstić information content (AvgIpc) is 1.21. The molecule has 0 amide bonds. The standard InChI is InChI=1S/C72H50N2Si/c1-7-24-51(25-8-1)55-47-65(52-26-9-2-10-27-52)72(66(48-55)53-28-11-3-12-29-53)54-30-23-31-56(46-54)73-69-41-22-20-39-63(69)67-49-57(42-45-70(67)73)74-68-40-21-19-38-62(68)64-44-43-61(50-71(64)74)75(58-32-13-4-14-33-58,59-34-15-5-16-35-59)60-36-17-6-18-37-60/h1-50H/i1D,2D,3D,7D,8D,9D,10D,11D,12D,24D,25D,26D,27D,28D,29D. The van der Waals surface area contributed by atoms with Gasteiger partial charge < -0.3 is 9.13 Å². The van der Waals surface area contributed by atoms with E-state index in [0.717, 1.165) is 49.3 Å². The van der Waals surface area contributed by atoms with Crippen LogP contribution in [0.15, 0.2) is 303 Å². The van der Waals surface area contributed by atoms with Gasteiger partial charge in [-0.1, -0.05) is 242 Å². The summed E-state index contributed by atoms with van der Waals surface area (Å²) in [5.41, 5.74) is 4.35. The Morgan fingerprint density at radius 2 is 0.720 bits per heavy atom. The maximum Gasteiger partial charge on any atom is 0.179 e. The van der Waals surface area contributed by atoms with Crippen molar-refractivity contribution in [3.8, 4) is 55.9 Å². The molecule has 0 saturated carbocycles. The third-order valence-corrected chi connectivity index (χ3v) is 19.3. The quantitative estimate of drug-likeness (QED) is 0.0955. The Hall–Kier alpha value is -9.54. The highest BCUT2D eigenvalue weighted by atomic mass is 28.3. The predicted molar refractivity (Wildman–Crippen MR) is 320 cm³/mol. The average molecular weight is 986 g/mol. The number of aromatic nitrogens is 2. The number of para-hydroxylation sites is 2. The molecule has 2 nitrogen and oxygen atoms in total. The third-order valence-electron chi connectivity index (χ3n) is 14.5. The van der Waals surface area contributed by atoms with Crippen LogP contribution in [0, 0.1) is 0 Å². The largest absolute Gasteiger partial charge is 0.309 e. The summed E-state index contributed by atoms with van der Waals surface area (Å²) in [4.78, 5) is 0. The molecule has 0 atom stereocenters. The van der Waals surface area contributed by atoms with Crippen molar-refractivity contribution in [2.24, 2.45) is 0 Å². The molecule has 0 bridgehead atoms. The van der Waals surface area contributed by atoms with Gasteiger partial charge in [-0.15, -0.1) is 0 Å². The molecule has 0 aliphatic carbocycles. The Labute approximate surface area is 459 Å². The molecular formula is C72H50N2Si.